The maximum Gasteiger partial charge on any atom is 0.341 e. The second-order valence-electron chi connectivity index (χ2n) is 8.17. The second kappa shape index (κ2) is 8.97. The summed E-state index contributed by atoms with van der Waals surface area (Å²) in [6, 6.07) is 17.2. The molecule has 0 spiro atoms. The molecule has 2 aromatic heterocycles. The third-order valence-corrected chi connectivity index (χ3v) is 6.08. The van der Waals surface area contributed by atoms with Crippen molar-refractivity contribution in [3.63, 3.8) is 0 Å². The Kier molecular flexibility index (Phi) is 5.71. The van der Waals surface area contributed by atoms with E-state index >= 15 is 4.39 Å². The Morgan fingerprint density at radius 2 is 1.94 bits per heavy atom. The van der Waals surface area contributed by atoms with Gasteiger partial charge < -0.3 is 19.3 Å². The minimum Gasteiger partial charge on any atom is -0.477 e. The van der Waals surface area contributed by atoms with Crippen LogP contribution in [0, 0.1) is 5.82 Å². The largest absolute Gasteiger partial charge is 0.477 e. The first-order valence-corrected chi connectivity index (χ1v) is 11.0. The van der Waals surface area contributed by atoms with Gasteiger partial charge in [0.05, 0.1) is 17.2 Å². The average Bonchev–Trinajstić information content (AvgIpc) is 3.32. The fourth-order valence-electron chi connectivity index (χ4n) is 4.45. The molecule has 0 aliphatic carbocycles. The lowest BCUT2D eigenvalue weighted by Gasteiger charge is -2.27. The van der Waals surface area contributed by atoms with Gasteiger partial charge in [0.2, 0.25) is 11.3 Å². The van der Waals surface area contributed by atoms with Crippen molar-refractivity contribution in [3.05, 3.63) is 94.7 Å². The lowest BCUT2D eigenvalue weighted by atomic mass is 10.1. The number of carboxylic acid groups (broad SMARTS) is 1. The number of nitrogens with zero attached hydrogens (tertiary/aromatic N) is 3. The molecule has 4 aromatic rings. The number of benzene rings is 2. The zero-order valence-corrected chi connectivity index (χ0v) is 18.2. The van der Waals surface area contributed by atoms with Crippen molar-refractivity contribution in [2.24, 2.45) is 0 Å². The van der Waals surface area contributed by atoms with E-state index in [2.05, 4.69) is 4.98 Å². The monoisotopic (exact) mass is 459 g/mol. The molecule has 3 heterocycles. The molecule has 0 saturated carbocycles. The van der Waals surface area contributed by atoms with Gasteiger partial charge in [0.15, 0.2) is 0 Å². The molecule has 2 aromatic carbocycles. The van der Waals surface area contributed by atoms with E-state index in [0.29, 0.717) is 35.9 Å². The summed E-state index contributed by atoms with van der Waals surface area (Å²) in [5, 5.41) is 9.57. The van der Waals surface area contributed by atoms with Crippen LogP contribution >= 0.6 is 0 Å². The molecule has 1 atom stereocenters. The number of rotatable bonds is 6. The van der Waals surface area contributed by atoms with E-state index in [0.717, 1.165) is 18.9 Å². The quantitative estimate of drug-likeness (QED) is 0.464. The lowest BCUT2D eigenvalue weighted by molar-refractivity contribution is 0.0695. The summed E-state index contributed by atoms with van der Waals surface area (Å²) in [7, 11) is 0. The van der Waals surface area contributed by atoms with E-state index in [4.69, 9.17) is 4.74 Å². The summed E-state index contributed by atoms with van der Waals surface area (Å²) >= 11 is 0. The summed E-state index contributed by atoms with van der Waals surface area (Å²) in [5.41, 5.74) is 0.340. The Bertz CT molecular complexity index is 1410. The van der Waals surface area contributed by atoms with Crippen molar-refractivity contribution in [1.82, 2.24) is 9.55 Å². The highest BCUT2D eigenvalue weighted by Crippen LogP contribution is 2.32. The van der Waals surface area contributed by atoms with E-state index in [1.165, 1.54) is 6.20 Å². The fourth-order valence-corrected chi connectivity index (χ4v) is 4.45. The number of fused-ring (bicyclic) bond motifs is 1. The van der Waals surface area contributed by atoms with Crippen molar-refractivity contribution < 1.29 is 19.0 Å². The molecule has 5 rings (SSSR count). The molecule has 7 nitrogen and oxygen atoms in total. The maximum atomic E-state index is 15.4. The number of hydrogen-bond donors (Lipinski definition) is 1. The van der Waals surface area contributed by atoms with E-state index in [1.807, 2.05) is 29.2 Å². The highest BCUT2D eigenvalue weighted by Gasteiger charge is 2.29. The minimum atomic E-state index is -1.35. The fraction of sp³-hybridized carbons (Fsp3) is 0.192. The minimum absolute atomic E-state index is 0.0190. The molecule has 1 saturated heterocycles. The summed E-state index contributed by atoms with van der Waals surface area (Å²) in [5.74, 6) is -1.42. The Balaban J connectivity index is 1.59. The molecule has 0 bridgehead atoms. The number of halogens is 1. The number of para-hydroxylation sites is 1. The van der Waals surface area contributed by atoms with Crippen LogP contribution in [0.4, 0.5) is 10.1 Å². The van der Waals surface area contributed by atoms with E-state index in [9.17, 15) is 14.7 Å². The highest BCUT2D eigenvalue weighted by molar-refractivity contribution is 5.94. The topological polar surface area (TPSA) is 84.7 Å². The lowest BCUT2D eigenvalue weighted by Crippen LogP contribution is -2.35. The van der Waals surface area contributed by atoms with E-state index < -0.39 is 22.8 Å². The first kappa shape index (κ1) is 21.6. The molecule has 1 aliphatic rings. The number of pyridine rings is 2. The molecule has 0 amide bonds. The molecule has 0 radical (unpaired) electrons. The Morgan fingerprint density at radius 1 is 1.15 bits per heavy atom. The number of hydrogen-bond acceptors (Lipinski definition) is 5. The van der Waals surface area contributed by atoms with Gasteiger partial charge in [0.25, 0.3) is 0 Å². The van der Waals surface area contributed by atoms with Crippen LogP contribution in [0.2, 0.25) is 0 Å². The smallest absolute Gasteiger partial charge is 0.341 e. The van der Waals surface area contributed by atoms with Gasteiger partial charge in [0.1, 0.15) is 18.0 Å². The molecule has 1 N–H and O–H groups in total. The van der Waals surface area contributed by atoms with Crippen molar-refractivity contribution in [3.8, 4) is 11.6 Å². The van der Waals surface area contributed by atoms with Gasteiger partial charge in [0, 0.05) is 36.1 Å². The second-order valence-corrected chi connectivity index (χ2v) is 8.17. The van der Waals surface area contributed by atoms with E-state index in [1.54, 1.807) is 41.1 Å². The normalized spacial score (nSPS) is 15.6. The number of ether oxygens (including phenoxy) is 1. The maximum absolute atomic E-state index is 15.4. The average molecular weight is 459 g/mol. The van der Waals surface area contributed by atoms with Gasteiger partial charge in [-0.1, -0.05) is 24.3 Å². The van der Waals surface area contributed by atoms with Crippen LogP contribution in [0.3, 0.4) is 0 Å². The SMILES string of the molecule is O=C(O)c1cn(-c2ccccc2)c2cc(N3CCC[C@@H]3COc3ccccn3)c(F)cc2c1=O. The van der Waals surface area contributed by atoms with Crippen LogP contribution in [0.1, 0.15) is 23.2 Å². The molecule has 0 unspecified atom stereocenters. The summed E-state index contributed by atoms with van der Waals surface area (Å²) < 4.78 is 22.8. The van der Waals surface area contributed by atoms with Crippen LogP contribution in [-0.2, 0) is 0 Å². The van der Waals surface area contributed by atoms with Crippen molar-refractivity contribution in [1.29, 1.82) is 0 Å². The molecule has 1 aliphatic heterocycles. The summed E-state index contributed by atoms with van der Waals surface area (Å²) in [4.78, 5) is 30.7. The van der Waals surface area contributed by atoms with E-state index in [-0.39, 0.29) is 11.4 Å². The number of aromatic carboxylic acids is 1. The zero-order chi connectivity index (χ0) is 23.7. The Labute approximate surface area is 194 Å². The van der Waals surface area contributed by atoms with Crippen molar-refractivity contribution in [2.75, 3.05) is 18.1 Å². The highest BCUT2D eigenvalue weighted by atomic mass is 19.1. The molecular formula is C26H22FN3O4. The number of aromatic nitrogens is 2. The first-order chi connectivity index (χ1) is 16.5. The van der Waals surface area contributed by atoms with Crippen molar-refractivity contribution in [2.45, 2.75) is 18.9 Å². The van der Waals surface area contributed by atoms with Crippen LogP contribution < -0.4 is 15.1 Å². The molecule has 1 fully saturated rings. The van der Waals surface area contributed by atoms with Gasteiger partial charge in [-0.25, -0.2) is 14.2 Å². The van der Waals surface area contributed by atoms with Gasteiger partial charge in [-0.15, -0.1) is 0 Å². The predicted octanol–water partition coefficient (Wildman–Crippen LogP) is 4.27. The third-order valence-electron chi connectivity index (χ3n) is 6.08. The number of carbonyl (C=O) groups is 1. The third kappa shape index (κ3) is 3.98. The predicted molar refractivity (Wildman–Crippen MR) is 127 cm³/mol. The summed E-state index contributed by atoms with van der Waals surface area (Å²) in [6.07, 6.45) is 4.65. The van der Waals surface area contributed by atoms with Crippen LogP contribution in [0.15, 0.2) is 77.9 Å². The number of carboxylic acids is 1. The Morgan fingerprint density at radius 3 is 2.68 bits per heavy atom. The molecule has 34 heavy (non-hydrogen) atoms. The number of anilines is 1. The Hall–Kier alpha value is -4.20. The molecule has 172 valence electrons. The van der Waals surface area contributed by atoms with Gasteiger partial charge in [-0.05, 0) is 43.2 Å². The standard InChI is InChI=1S/C26H22FN3O4/c27-21-13-19-22(30(17-7-2-1-3-8-17)15-20(25(19)31)26(32)33)14-23(21)29-12-6-9-18(29)16-34-24-10-4-5-11-28-24/h1-5,7-8,10-11,13-15,18H,6,9,12,16H2,(H,32,33)/t18-/m1/s1. The molecular weight excluding hydrogens is 437 g/mol. The van der Waals surface area contributed by atoms with Crippen molar-refractivity contribution >= 4 is 22.6 Å². The van der Waals surface area contributed by atoms with Crippen LogP contribution in [0.5, 0.6) is 5.88 Å². The summed E-state index contributed by atoms with van der Waals surface area (Å²) in [6.45, 7) is 0.985. The van der Waals surface area contributed by atoms with Crippen LogP contribution in [0.25, 0.3) is 16.6 Å². The first-order valence-electron chi connectivity index (χ1n) is 11.0. The van der Waals surface area contributed by atoms with Gasteiger partial charge in [-0.2, -0.15) is 0 Å². The van der Waals surface area contributed by atoms with Crippen LogP contribution in [-0.4, -0.2) is 39.8 Å². The molecule has 8 heteroatoms. The van der Waals surface area contributed by atoms with Gasteiger partial charge in [-0.3, -0.25) is 4.79 Å². The van der Waals surface area contributed by atoms with Gasteiger partial charge >= 0.3 is 5.97 Å². The zero-order valence-electron chi connectivity index (χ0n) is 18.2.